The third-order valence-corrected chi connectivity index (χ3v) is 6.38. The van der Waals surface area contributed by atoms with E-state index in [9.17, 15) is 31.2 Å². The number of hydrogen-bond acceptors (Lipinski definition) is 4. The predicted molar refractivity (Wildman–Crippen MR) is 131 cm³/mol. The van der Waals surface area contributed by atoms with Crippen molar-refractivity contribution >= 4 is 33.2 Å². The maximum atomic E-state index is 13.1. The van der Waals surface area contributed by atoms with E-state index in [0.29, 0.717) is 10.4 Å². The van der Waals surface area contributed by atoms with Crippen LogP contribution >= 0.6 is 0 Å². The van der Waals surface area contributed by atoms with Crippen LogP contribution in [0.15, 0.2) is 78.9 Å². The van der Waals surface area contributed by atoms with Gasteiger partial charge in [0, 0.05) is 0 Å². The van der Waals surface area contributed by atoms with Crippen molar-refractivity contribution in [2.45, 2.75) is 19.1 Å². The second-order valence-corrected chi connectivity index (χ2v) is 9.92. The van der Waals surface area contributed by atoms with Crippen LogP contribution in [0.25, 0.3) is 0 Å². The number of alkyl halides is 3. The van der Waals surface area contributed by atoms with Crippen molar-refractivity contribution in [3.63, 3.8) is 0 Å². The Morgan fingerprint density at radius 1 is 0.944 bits per heavy atom. The molecule has 0 saturated heterocycles. The monoisotopic (exact) mass is 519 g/mol. The van der Waals surface area contributed by atoms with Crippen LogP contribution in [-0.2, 0) is 21.0 Å². The Labute approximate surface area is 207 Å². The second kappa shape index (κ2) is 10.8. The summed E-state index contributed by atoms with van der Waals surface area (Å²) in [5, 5.41) is 5.33. The minimum absolute atomic E-state index is 0.123. The molecule has 0 bridgehead atoms. The van der Waals surface area contributed by atoms with E-state index in [-0.39, 0.29) is 23.0 Å². The Morgan fingerprint density at radius 3 is 2.22 bits per heavy atom. The van der Waals surface area contributed by atoms with Crippen LogP contribution in [0.1, 0.15) is 34.5 Å². The van der Waals surface area contributed by atoms with E-state index in [1.54, 1.807) is 19.1 Å². The van der Waals surface area contributed by atoms with Gasteiger partial charge < -0.3 is 10.6 Å². The molecule has 0 aliphatic heterocycles. The molecule has 0 fully saturated rings. The predicted octanol–water partition coefficient (Wildman–Crippen LogP) is 4.60. The highest BCUT2D eigenvalue weighted by Crippen LogP contribution is 2.32. The van der Waals surface area contributed by atoms with Gasteiger partial charge in [0.25, 0.3) is 5.91 Å². The molecule has 36 heavy (non-hydrogen) atoms. The lowest BCUT2D eigenvalue weighted by molar-refractivity contribution is -0.137. The molecule has 190 valence electrons. The molecule has 2 amide bonds. The molecular weight excluding hydrogens is 495 g/mol. The first kappa shape index (κ1) is 26.7. The van der Waals surface area contributed by atoms with Crippen LogP contribution in [0, 0.1) is 0 Å². The Hall–Kier alpha value is -3.86. The first-order chi connectivity index (χ1) is 16.9. The van der Waals surface area contributed by atoms with Crippen LogP contribution in [-0.4, -0.2) is 33.0 Å². The van der Waals surface area contributed by atoms with E-state index in [1.165, 1.54) is 12.1 Å². The van der Waals surface area contributed by atoms with Crippen molar-refractivity contribution in [2.75, 3.05) is 22.4 Å². The minimum atomic E-state index is -4.69. The maximum Gasteiger partial charge on any atom is 0.416 e. The molecule has 1 atom stereocenters. The zero-order valence-electron chi connectivity index (χ0n) is 19.4. The number of carbonyl (C=O) groups excluding carboxylic acids is 2. The number of hydrogen-bond donors (Lipinski definition) is 2. The highest BCUT2D eigenvalue weighted by atomic mass is 32.2. The van der Waals surface area contributed by atoms with Crippen molar-refractivity contribution in [2.24, 2.45) is 0 Å². The quantitative estimate of drug-likeness (QED) is 0.455. The van der Waals surface area contributed by atoms with Crippen LogP contribution in [0.2, 0.25) is 0 Å². The van der Waals surface area contributed by atoms with E-state index in [1.807, 2.05) is 30.3 Å². The Balaban J connectivity index is 1.80. The van der Waals surface area contributed by atoms with Gasteiger partial charge in [0.1, 0.15) is 6.54 Å². The second-order valence-electron chi connectivity index (χ2n) is 8.02. The lowest BCUT2D eigenvalue weighted by Gasteiger charge is -2.23. The molecule has 2 N–H and O–H groups in total. The van der Waals surface area contributed by atoms with Crippen LogP contribution in [0.3, 0.4) is 0 Å². The number of benzene rings is 3. The molecule has 11 heteroatoms. The largest absolute Gasteiger partial charge is 0.416 e. The summed E-state index contributed by atoms with van der Waals surface area (Å²) in [6.07, 6.45) is -3.91. The molecule has 0 unspecified atom stereocenters. The number of carbonyl (C=O) groups is 2. The van der Waals surface area contributed by atoms with Crippen molar-refractivity contribution in [3.8, 4) is 0 Å². The number of nitrogens with one attached hydrogen (secondary N) is 2. The summed E-state index contributed by atoms with van der Waals surface area (Å²) in [6, 6.07) is 18.7. The number of amides is 2. The smallest absolute Gasteiger partial charge is 0.345 e. The normalized spacial score (nSPS) is 12.5. The van der Waals surface area contributed by atoms with Gasteiger partial charge in [-0.25, -0.2) is 8.42 Å². The Bertz CT molecular complexity index is 1350. The molecule has 0 spiro atoms. The highest BCUT2D eigenvalue weighted by Gasteiger charge is 2.32. The average Bonchev–Trinajstić information content (AvgIpc) is 2.82. The number of anilines is 2. The third-order valence-electron chi connectivity index (χ3n) is 5.24. The van der Waals surface area contributed by atoms with E-state index >= 15 is 0 Å². The van der Waals surface area contributed by atoms with Gasteiger partial charge in [-0.15, -0.1) is 0 Å². The first-order valence-electron chi connectivity index (χ1n) is 10.8. The lowest BCUT2D eigenvalue weighted by atomic mass is 10.1. The zero-order chi connectivity index (χ0) is 26.5. The molecule has 0 saturated carbocycles. The summed E-state index contributed by atoms with van der Waals surface area (Å²) in [4.78, 5) is 25.7. The van der Waals surface area contributed by atoms with Crippen molar-refractivity contribution < 1.29 is 31.2 Å². The van der Waals surface area contributed by atoms with Gasteiger partial charge in [-0.1, -0.05) is 48.5 Å². The van der Waals surface area contributed by atoms with Gasteiger partial charge >= 0.3 is 6.18 Å². The minimum Gasteiger partial charge on any atom is -0.345 e. The topological polar surface area (TPSA) is 95.6 Å². The number of halogens is 3. The maximum absolute atomic E-state index is 13.1. The lowest BCUT2D eigenvalue weighted by Crippen LogP contribution is -2.38. The molecule has 3 rings (SSSR count). The van der Waals surface area contributed by atoms with Crippen LogP contribution in [0.5, 0.6) is 0 Å². The first-order valence-corrected chi connectivity index (χ1v) is 12.6. The van der Waals surface area contributed by atoms with E-state index in [4.69, 9.17) is 0 Å². The van der Waals surface area contributed by atoms with Gasteiger partial charge in [-0.3, -0.25) is 13.9 Å². The third kappa shape index (κ3) is 6.85. The van der Waals surface area contributed by atoms with Gasteiger partial charge in [0.15, 0.2) is 0 Å². The van der Waals surface area contributed by atoms with Gasteiger partial charge in [-0.05, 0) is 42.8 Å². The molecule has 0 aromatic heterocycles. The van der Waals surface area contributed by atoms with Crippen LogP contribution < -0.4 is 14.9 Å². The highest BCUT2D eigenvalue weighted by molar-refractivity contribution is 7.92. The molecule has 3 aromatic carbocycles. The summed E-state index contributed by atoms with van der Waals surface area (Å²) >= 11 is 0. The standard InChI is InChI=1S/C25H24F3N3O4S/c1-17(18-9-4-3-5-10-18)29-24(33)21-13-6-7-14-22(21)30-23(32)16-31(36(2,34)35)20-12-8-11-19(15-20)25(26,27)28/h3-15,17H,16H2,1-2H3,(H,29,33)(H,30,32)/t17-/m1/s1. The van der Waals surface area contributed by atoms with E-state index in [2.05, 4.69) is 10.6 Å². The van der Waals surface area contributed by atoms with Gasteiger partial charge in [0.2, 0.25) is 15.9 Å². The summed E-state index contributed by atoms with van der Waals surface area (Å²) < 4.78 is 64.5. The molecule has 0 aliphatic rings. The fourth-order valence-electron chi connectivity index (χ4n) is 3.45. The molecule has 0 heterocycles. The summed E-state index contributed by atoms with van der Waals surface area (Å²) in [5.41, 5.74) is -0.234. The number of nitrogens with zero attached hydrogens (tertiary/aromatic N) is 1. The van der Waals surface area contributed by atoms with Crippen molar-refractivity contribution in [3.05, 3.63) is 95.6 Å². The number of sulfonamides is 1. The zero-order valence-corrected chi connectivity index (χ0v) is 20.2. The van der Waals surface area contributed by atoms with Gasteiger partial charge in [0.05, 0.1) is 34.8 Å². The van der Waals surface area contributed by atoms with E-state index < -0.39 is 40.1 Å². The van der Waals surface area contributed by atoms with Crippen molar-refractivity contribution in [1.29, 1.82) is 0 Å². The number of para-hydroxylation sites is 1. The number of rotatable bonds is 8. The van der Waals surface area contributed by atoms with Crippen LogP contribution in [0.4, 0.5) is 24.5 Å². The Morgan fingerprint density at radius 2 is 1.58 bits per heavy atom. The average molecular weight is 520 g/mol. The molecular formula is C25H24F3N3O4S. The van der Waals surface area contributed by atoms with Crippen molar-refractivity contribution in [1.82, 2.24) is 5.32 Å². The fourth-order valence-corrected chi connectivity index (χ4v) is 4.30. The SMILES string of the molecule is C[C@@H](NC(=O)c1ccccc1NC(=O)CN(c1cccc(C(F)(F)F)c1)S(C)(=O)=O)c1ccccc1. The van der Waals surface area contributed by atoms with E-state index in [0.717, 1.165) is 30.0 Å². The summed E-state index contributed by atoms with van der Waals surface area (Å²) in [7, 11) is -4.11. The Kier molecular flexibility index (Phi) is 8.03. The summed E-state index contributed by atoms with van der Waals surface area (Å²) in [6.45, 7) is 1.00. The molecule has 7 nitrogen and oxygen atoms in total. The summed E-state index contributed by atoms with van der Waals surface area (Å²) in [5.74, 6) is -1.31. The molecule has 0 aliphatic carbocycles. The molecule has 3 aromatic rings. The van der Waals surface area contributed by atoms with Gasteiger partial charge in [-0.2, -0.15) is 13.2 Å². The molecule has 0 radical (unpaired) electrons. The fraction of sp³-hybridized carbons (Fsp3) is 0.200.